The molecule has 1 saturated heterocycles. The van der Waals surface area contributed by atoms with Crippen molar-refractivity contribution in [2.75, 3.05) is 19.6 Å². The molecule has 31 heavy (non-hydrogen) atoms. The number of fused-ring (bicyclic) bond motifs is 2. The smallest absolute Gasteiger partial charge is 0.251 e. The number of nitrogens with one attached hydrogen (secondary N) is 1. The fourth-order valence-electron chi connectivity index (χ4n) is 4.72. The summed E-state index contributed by atoms with van der Waals surface area (Å²) in [7, 11) is 2.15. The van der Waals surface area contributed by atoms with Crippen molar-refractivity contribution in [3.05, 3.63) is 76.8 Å². The highest BCUT2D eigenvalue weighted by Gasteiger charge is 2.19. The quantitative estimate of drug-likeness (QED) is 0.526. The molecule has 160 valence electrons. The fourth-order valence-corrected chi connectivity index (χ4v) is 4.72. The van der Waals surface area contributed by atoms with Gasteiger partial charge in [0.15, 0.2) is 0 Å². The van der Waals surface area contributed by atoms with Crippen molar-refractivity contribution in [2.45, 2.75) is 32.0 Å². The van der Waals surface area contributed by atoms with E-state index in [0.717, 1.165) is 50.1 Å². The monoisotopic (exact) mass is 415 g/mol. The lowest BCUT2D eigenvalue weighted by Gasteiger charge is -2.32. The number of rotatable bonds is 6. The van der Waals surface area contributed by atoms with Gasteiger partial charge in [-0.25, -0.2) is 0 Å². The Kier molecular flexibility index (Phi) is 5.57. The molecule has 1 fully saturated rings. The number of hydrogen-bond acceptors (Lipinski definition) is 4. The molecule has 5 rings (SSSR count). The van der Waals surface area contributed by atoms with Crippen LogP contribution in [0.4, 0.5) is 0 Å². The standard InChI is InChI=1S/C25H29N5O/c1-28-21(17-19-5-2-3-6-23(19)28)18-27-20-10-13-29(14-11-20)15-16-30-24-7-4-12-26-22(24)8-9-25(30)31/h2-9,12,17,20,27H,10-11,13-16,18H2,1H3. The lowest BCUT2D eigenvalue weighted by Crippen LogP contribution is -2.43. The highest BCUT2D eigenvalue weighted by Crippen LogP contribution is 2.19. The first-order valence-electron chi connectivity index (χ1n) is 11.1. The number of likely N-dealkylation sites (tertiary alicyclic amines) is 1. The van der Waals surface area contributed by atoms with Gasteiger partial charge in [-0.05, 0) is 61.6 Å². The van der Waals surface area contributed by atoms with Crippen LogP contribution in [0, 0.1) is 0 Å². The van der Waals surface area contributed by atoms with E-state index in [-0.39, 0.29) is 5.56 Å². The molecule has 1 aliphatic heterocycles. The third-order valence-corrected chi connectivity index (χ3v) is 6.61. The van der Waals surface area contributed by atoms with Crippen molar-refractivity contribution >= 4 is 21.9 Å². The van der Waals surface area contributed by atoms with Crippen LogP contribution >= 0.6 is 0 Å². The summed E-state index contributed by atoms with van der Waals surface area (Å²) in [6.45, 7) is 4.61. The Bertz CT molecular complexity index is 1250. The van der Waals surface area contributed by atoms with Gasteiger partial charge in [0.25, 0.3) is 5.56 Å². The van der Waals surface area contributed by atoms with E-state index in [2.05, 4.69) is 57.1 Å². The summed E-state index contributed by atoms with van der Waals surface area (Å²) < 4.78 is 4.14. The first-order chi connectivity index (χ1) is 15.2. The molecule has 3 aromatic heterocycles. The highest BCUT2D eigenvalue weighted by molar-refractivity contribution is 5.81. The molecule has 0 aliphatic carbocycles. The number of hydrogen-bond donors (Lipinski definition) is 1. The predicted octanol–water partition coefficient (Wildman–Crippen LogP) is 3.14. The van der Waals surface area contributed by atoms with Gasteiger partial charge in [0.1, 0.15) is 0 Å². The van der Waals surface area contributed by atoms with Gasteiger partial charge in [-0.15, -0.1) is 0 Å². The van der Waals surface area contributed by atoms with E-state index in [4.69, 9.17) is 0 Å². The van der Waals surface area contributed by atoms with Gasteiger partial charge in [-0.1, -0.05) is 18.2 Å². The summed E-state index contributed by atoms with van der Waals surface area (Å²) in [5.74, 6) is 0. The number of benzene rings is 1. The molecular weight excluding hydrogens is 386 g/mol. The van der Waals surface area contributed by atoms with Crippen LogP contribution in [0.5, 0.6) is 0 Å². The third-order valence-electron chi connectivity index (χ3n) is 6.61. The molecule has 0 amide bonds. The van der Waals surface area contributed by atoms with Crippen molar-refractivity contribution in [1.82, 2.24) is 24.3 Å². The van der Waals surface area contributed by atoms with Crippen molar-refractivity contribution < 1.29 is 0 Å². The number of para-hydroxylation sites is 1. The summed E-state index contributed by atoms with van der Waals surface area (Å²) in [4.78, 5) is 19.2. The first kappa shape index (κ1) is 20.0. The molecule has 6 nitrogen and oxygen atoms in total. The maximum atomic E-state index is 12.4. The summed E-state index contributed by atoms with van der Waals surface area (Å²) >= 11 is 0. The molecule has 4 aromatic rings. The van der Waals surface area contributed by atoms with E-state index in [1.807, 2.05) is 16.7 Å². The van der Waals surface area contributed by atoms with Crippen LogP contribution in [0.15, 0.2) is 65.6 Å². The Morgan fingerprint density at radius 3 is 2.65 bits per heavy atom. The van der Waals surface area contributed by atoms with Crippen LogP contribution in [0.3, 0.4) is 0 Å². The van der Waals surface area contributed by atoms with Crippen molar-refractivity contribution in [1.29, 1.82) is 0 Å². The minimum atomic E-state index is 0.0482. The second kappa shape index (κ2) is 8.65. The van der Waals surface area contributed by atoms with E-state index < -0.39 is 0 Å². The van der Waals surface area contributed by atoms with Crippen LogP contribution in [-0.4, -0.2) is 44.7 Å². The summed E-state index contributed by atoms with van der Waals surface area (Å²) in [6.07, 6.45) is 4.04. The predicted molar refractivity (Wildman–Crippen MR) is 125 cm³/mol. The molecule has 1 aromatic carbocycles. The number of aryl methyl sites for hydroxylation is 1. The van der Waals surface area contributed by atoms with Crippen LogP contribution in [0.2, 0.25) is 0 Å². The second-order valence-electron chi connectivity index (χ2n) is 8.48. The molecule has 0 radical (unpaired) electrons. The first-order valence-corrected chi connectivity index (χ1v) is 11.1. The molecule has 0 unspecified atom stereocenters. The average Bonchev–Trinajstić information content (AvgIpc) is 3.13. The van der Waals surface area contributed by atoms with E-state index in [0.29, 0.717) is 12.6 Å². The fraction of sp³-hybridized carbons (Fsp3) is 0.360. The van der Waals surface area contributed by atoms with Crippen LogP contribution in [-0.2, 0) is 20.1 Å². The van der Waals surface area contributed by atoms with Gasteiger partial charge in [-0.2, -0.15) is 0 Å². The SMILES string of the molecule is Cn1c(CNC2CCN(CCn3c(=O)ccc4ncccc43)CC2)cc2ccccc21. The number of pyridine rings is 2. The minimum absolute atomic E-state index is 0.0482. The maximum Gasteiger partial charge on any atom is 0.251 e. The number of aromatic nitrogens is 3. The molecule has 0 saturated carbocycles. The topological polar surface area (TPSA) is 55.1 Å². The molecule has 1 aliphatic rings. The third kappa shape index (κ3) is 4.13. The zero-order valence-electron chi connectivity index (χ0n) is 18.0. The lowest BCUT2D eigenvalue weighted by atomic mass is 10.0. The molecule has 6 heteroatoms. The summed E-state index contributed by atoms with van der Waals surface area (Å²) in [6, 6.07) is 18.7. The van der Waals surface area contributed by atoms with Gasteiger partial charge in [0.2, 0.25) is 0 Å². The molecule has 0 bridgehead atoms. The Balaban J connectivity index is 1.15. The Hall–Kier alpha value is -2.96. The number of piperidine rings is 1. The molecule has 1 N–H and O–H groups in total. The maximum absolute atomic E-state index is 12.4. The van der Waals surface area contributed by atoms with E-state index in [1.165, 1.54) is 16.6 Å². The van der Waals surface area contributed by atoms with Crippen LogP contribution < -0.4 is 10.9 Å². The Morgan fingerprint density at radius 1 is 1.00 bits per heavy atom. The molecule has 4 heterocycles. The van der Waals surface area contributed by atoms with Gasteiger partial charge in [-0.3, -0.25) is 9.78 Å². The highest BCUT2D eigenvalue weighted by atomic mass is 16.1. The minimum Gasteiger partial charge on any atom is -0.346 e. The normalized spacial score (nSPS) is 15.8. The zero-order chi connectivity index (χ0) is 21.2. The van der Waals surface area contributed by atoms with Gasteiger partial charge >= 0.3 is 0 Å². The number of nitrogens with zero attached hydrogens (tertiary/aromatic N) is 4. The average molecular weight is 416 g/mol. The summed E-state index contributed by atoms with van der Waals surface area (Å²) in [5.41, 5.74) is 4.45. The largest absolute Gasteiger partial charge is 0.346 e. The molecule has 0 spiro atoms. The Morgan fingerprint density at radius 2 is 1.81 bits per heavy atom. The van der Waals surface area contributed by atoms with E-state index in [9.17, 15) is 4.79 Å². The van der Waals surface area contributed by atoms with Crippen molar-refractivity contribution in [3.63, 3.8) is 0 Å². The molecule has 0 atom stereocenters. The summed E-state index contributed by atoms with van der Waals surface area (Å²) in [5, 5.41) is 5.06. The van der Waals surface area contributed by atoms with Gasteiger partial charge in [0.05, 0.1) is 11.0 Å². The van der Waals surface area contributed by atoms with Crippen LogP contribution in [0.1, 0.15) is 18.5 Å². The van der Waals surface area contributed by atoms with Crippen molar-refractivity contribution in [3.8, 4) is 0 Å². The molecular formula is C25H29N5O. The Labute approximate surface area is 182 Å². The van der Waals surface area contributed by atoms with Crippen LogP contribution in [0.25, 0.3) is 21.9 Å². The van der Waals surface area contributed by atoms with Gasteiger partial charge in [0, 0.05) is 56.2 Å². The van der Waals surface area contributed by atoms with E-state index in [1.54, 1.807) is 18.3 Å². The lowest BCUT2D eigenvalue weighted by molar-refractivity contribution is 0.191. The second-order valence-corrected chi connectivity index (χ2v) is 8.48. The van der Waals surface area contributed by atoms with E-state index >= 15 is 0 Å². The van der Waals surface area contributed by atoms with Crippen molar-refractivity contribution in [2.24, 2.45) is 7.05 Å². The zero-order valence-corrected chi connectivity index (χ0v) is 18.0. The van der Waals surface area contributed by atoms with Gasteiger partial charge < -0.3 is 19.4 Å².